The van der Waals surface area contributed by atoms with E-state index in [4.69, 9.17) is 14.2 Å². The van der Waals surface area contributed by atoms with Gasteiger partial charge in [0, 0.05) is 30.6 Å². The van der Waals surface area contributed by atoms with Gasteiger partial charge < -0.3 is 24.6 Å². The summed E-state index contributed by atoms with van der Waals surface area (Å²) < 4.78 is 20.9. The molecule has 3 heterocycles. The number of nitrogens with zero attached hydrogens (tertiary/aromatic N) is 4. The maximum atomic E-state index is 13.3. The summed E-state index contributed by atoms with van der Waals surface area (Å²) in [5.41, 5.74) is 8.45. The second kappa shape index (κ2) is 17.1. The first-order chi connectivity index (χ1) is 25.2. The Labute approximate surface area is 304 Å². The maximum Gasteiger partial charge on any atom is 0.408 e. The third-order valence-corrected chi connectivity index (χ3v) is 9.62. The van der Waals surface area contributed by atoms with Crippen molar-refractivity contribution in [1.82, 2.24) is 24.4 Å². The van der Waals surface area contributed by atoms with Crippen molar-refractivity contribution in [2.45, 2.75) is 90.9 Å². The number of aliphatic hydroxyl groups excluding tert-OH is 1. The van der Waals surface area contributed by atoms with E-state index in [9.17, 15) is 14.7 Å². The number of alkyl carbamates (subject to hydrolysis) is 1. The van der Waals surface area contributed by atoms with Gasteiger partial charge in [-0.2, -0.15) is 0 Å². The molecule has 4 aromatic rings. The highest BCUT2D eigenvalue weighted by atomic mass is 16.6. The van der Waals surface area contributed by atoms with Crippen molar-refractivity contribution in [3.05, 3.63) is 118 Å². The molecule has 3 atom stereocenters. The monoisotopic (exact) mass is 707 g/mol. The van der Waals surface area contributed by atoms with E-state index in [1.807, 2.05) is 48.5 Å². The van der Waals surface area contributed by atoms with Gasteiger partial charge in [-0.05, 0) is 64.5 Å². The van der Waals surface area contributed by atoms with Crippen LogP contribution in [0.5, 0.6) is 0 Å². The quantitative estimate of drug-likeness (QED) is 0.0983. The van der Waals surface area contributed by atoms with Crippen LogP contribution in [0.1, 0.15) is 83.3 Å². The molecule has 1 amide bonds. The molecule has 3 unspecified atom stereocenters. The zero-order chi connectivity index (χ0) is 36.6. The number of aliphatic hydroxyl groups is 1. The number of hydrogen-bond acceptors (Lipinski definition) is 8. The van der Waals surface area contributed by atoms with Crippen molar-refractivity contribution >= 4 is 17.3 Å². The highest BCUT2D eigenvalue weighted by Crippen LogP contribution is 2.45. The van der Waals surface area contributed by atoms with Gasteiger partial charge in [-0.3, -0.25) is 13.9 Å². The zero-order valence-corrected chi connectivity index (χ0v) is 30.5. The fourth-order valence-corrected chi connectivity index (χ4v) is 6.73. The Kier molecular flexibility index (Phi) is 12.2. The summed E-state index contributed by atoms with van der Waals surface area (Å²) in [6.45, 7) is 9.49. The molecule has 0 radical (unpaired) electrons. The summed E-state index contributed by atoms with van der Waals surface area (Å²) in [4.78, 5) is 34.8. The lowest BCUT2D eigenvalue weighted by Crippen LogP contribution is -2.31. The molecule has 0 spiro atoms. The Morgan fingerprint density at radius 1 is 0.942 bits per heavy atom. The fraction of sp³-hybridized carbons (Fsp3) is 0.415. The zero-order valence-electron chi connectivity index (χ0n) is 30.5. The van der Waals surface area contributed by atoms with Gasteiger partial charge in [0.05, 0.1) is 25.6 Å². The van der Waals surface area contributed by atoms with Gasteiger partial charge in [0.15, 0.2) is 17.3 Å². The molecule has 2 aliphatic rings. The van der Waals surface area contributed by atoms with Crippen LogP contribution < -0.4 is 10.9 Å². The lowest BCUT2D eigenvalue weighted by atomic mass is 10.1. The smallest absolute Gasteiger partial charge is 0.408 e. The van der Waals surface area contributed by atoms with Crippen LogP contribution in [0.2, 0.25) is 0 Å². The average Bonchev–Trinajstić information content (AvgIpc) is 3.82. The van der Waals surface area contributed by atoms with Gasteiger partial charge in [-0.1, -0.05) is 83.5 Å². The number of amides is 1. The molecule has 2 aromatic heterocycles. The van der Waals surface area contributed by atoms with Crippen LogP contribution in [0.3, 0.4) is 0 Å². The molecule has 1 aliphatic heterocycles. The fourth-order valence-electron chi connectivity index (χ4n) is 6.73. The van der Waals surface area contributed by atoms with Crippen molar-refractivity contribution < 1.29 is 24.1 Å². The van der Waals surface area contributed by atoms with Gasteiger partial charge >= 0.3 is 6.09 Å². The van der Waals surface area contributed by atoms with Crippen LogP contribution in [0.15, 0.2) is 101 Å². The van der Waals surface area contributed by atoms with Crippen molar-refractivity contribution in [3.8, 4) is 11.1 Å². The molecule has 1 fully saturated rings. The molecule has 0 saturated carbocycles. The van der Waals surface area contributed by atoms with E-state index in [2.05, 4.69) is 61.2 Å². The van der Waals surface area contributed by atoms with Crippen molar-refractivity contribution in [2.75, 3.05) is 19.8 Å². The van der Waals surface area contributed by atoms with Crippen molar-refractivity contribution in [1.29, 1.82) is 0 Å². The van der Waals surface area contributed by atoms with Crippen LogP contribution in [0.4, 0.5) is 4.79 Å². The topological polar surface area (TPSA) is 130 Å². The predicted molar refractivity (Wildman–Crippen MR) is 201 cm³/mol. The van der Waals surface area contributed by atoms with Crippen LogP contribution in [0.25, 0.3) is 22.3 Å². The normalized spacial score (nSPS) is 18.8. The van der Waals surface area contributed by atoms with Crippen molar-refractivity contribution in [3.63, 3.8) is 0 Å². The Balaban J connectivity index is 0.948. The number of fused-ring (bicyclic) bond motifs is 4. The van der Waals surface area contributed by atoms with Gasteiger partial charge in [0.1, 0.15) is 18.7 Å². The van der Waals surface area contributed by atoms with E-state index in [0.29, 0.717) is 18.6 Å². The summed E-state index contributed by atoms with van der Waals surface area (Å²) in [5.74, 6) is 0. The van der Waals surface area contributed by atoms with E-state index in [1.165, 1.54) is 29.4 Å². The van der Waals surface area contributed by atoms with Gasteiger partial charge in [-0.15, -0.1) is 0 Å². The summed E-state index contributed by atoms with van der Waals surface area (Å²) in [5, 5.41) is 13.5. The summed E-state index contributed by atoms with van der Waals surface area (Å²) in [6.07, 6.45) is 11.1. The molecule has 11 heteroatoms. The number of allylic oxidation sites excluding steroid dienone is 6. The highest BCUT2D eigenvalue weighted by molar-refractivity contribution is 5.79. The second-order valence-corrected chi connectivity index (χ2v) is 13.9. The SMILES string of the molecule is CC(C)=CCCC(C)=CCCC(C)=CCn1cnc2c(ncn2C2CC(O)C(COCCNC(=O)OC3c4ccccc4-c4ccccc43)O2)c1=O. The highest BCUT2D eigenvalue weighted by Gasteiger charge is 2.36. The van der Waals surface area contributed by atoms with Gasteiger partial charge in [-0.25, -0.2) is 14.8 Å². The molecule has 52 heavy (non-hydrogen) atoms. The first-order valence-corrected chi connectivity index (χ1v) is 18.1. The van der Waals surface area contributed by atoms with E-state index < -0.39 is 30.6 Å². The van der Waals surface area contributed by atoms with Crippen LogP contribution in [-0.2, 0) is 20.8 Å². The molecule has 274 valence electrons. The van der Waals surface area contributed by atoms with E-state index in [0.717, 1.165) is 47.9 Å². The predicted octanol–water partition coefficient (Wildman–Crippen LogP) is 7.17. The molecule has 2 aromatic carbocycles. The minimum Gasteiger partial charge on any atom is -0.436 e. The molecular formula is C41H49N5O6. The molecule has 2 N–H and O–H groups in total. The Morgan fingerprint density at radius 3 is 2.33 bits per heavy atom. The first-order valence-electron chi connectivity index (χ1n) is 18.1. The van der Waals surface area contributed by atoms with Crippen molar-refractivity contribution in [2.24, 2.45) is 0 Å². The summed E-state index contributed by atoms with van der Waals surface area (Å²) in [6, 6.07) is 15.9. The minimum atomic E-state index is -0.785. The number of carbonyl (C=O) groups is 1. The Hall–Kier alpha value is -4.84. The number of carbonyl (C=O) groups excluding carboxylic acids is 1. The molecular weight excluding hydrogens is 658 g/mol. The molecule has 11 nitrogen and oxygen atoms in total. The Bertz CT molecular complexity index is 1980. The lowest BCUT2D eigenvalue weighted by Gasteiger charge is -2.17. The van der Waals surface area contributed by atoms with Gasteiger partial charge in [0.25, 0.3) is 5.56 Å². The summed E-state index contributed by atoms with van der Waals surface area (Å²) in [7, 11) is 0. The number of benzene rings is 2. The average molecular weight is 708 g/mol. The largest absolute Gasteiger partial charge is 0.436 e. The van der Waals surface area contributed by atoms with E-state index in [1.54, 1.807) is 9.13 Å². The number of aromatic nitrogens is 4. The third kappa shape index (κ3) is 8.78. The number of hydrogen-bond donors (Lipinski definition) is 2. The molecule has 6 rings (SSSR count). The third-order valence-electron chi connectivity index (χ3n) is 9.62. The Morgan fingerprint density at radius 2 is 1.62 bits per heavy atom. The molecule has 1 saturated heterocycles. The maximum absolute atomic E-state index is 13.3. The van der Waals surface area contributed by atoms with Crippen LogP contribution in [0, 0.1) is 0 Å². The van der Waals surface area contributed by atoms with Crippen LogP contribution in [-0.4, -0.2) is 62.3 Å². The number of rotatable bonds is 15. The molecule has 1 aliphatic carbocycles. The number of nitrogens with one attached hydrogen (secondary N) is 1. The lowest BCUT2D eigenvalue weighted by molar-refractivity contribution is -0.0607. The van der Waals surface area contributed by atoms with E-state index >= 15 is 0 Å². The van der Waals surface area contributed by atoms with Crippen LogP contribution >= 0.6 is 0 Å². The first kappa shape index (κ1) is 36.9. The molecule has 0 bridgehead atoms. The second-order valence-electron chi connectivity index (χ2n) is 13.9. The van der Waals surface area contributed by atoms with E-state index in [-0.39, 0.29) is 30.8 Å². The summed E-state index contributed by atoms with van der Waals surface area (Å²) >= 11 is 0. The number of imidazole rings is 1. The number of ether oxygens (including phenoxy) is 3. The standard InChI is InChI=1S/C41H49N5O6/c1-27(2)11-9-12-28(3)13-10-14-29(4)19-21-45-25-44-39-37(40(45)48)43-26-46(39)36-23-34(47)35(51-36)24-50-22-20-42-41(49)52-38-32-17-7-5-15-30(32)31-16-6-8-18-33(31)38/h5-8,11,13,15-19,25-26,34-36,38,47H,9-10,12,14,20-24H2,1-4H3,(H,42,49). The van der Waals surface area contributed by atoms with Gasteiger partial charge in [0.2, 0.25) is 0 Å². The minimum absolute atomic E-state index is 0.127.